The van der Waals surface area contributed by atoms with E-state index in [1.54, 1.807) is 0 Å². The minimum atomic E-state index is -0.753. The summed E-state index contributed by atoms with van der Waals surface area (Å²) in [6.45, 7) is 4.46. The number of carbonyl (C=O) groups is 1. The molecule has 1 aliphatic heterocycles. The van der Waals surface area contributed by atoms with Crippen LogP contribution in [0.5, 0.6) is 0 Å². The van der Waals surface area contributed by atoms with Gasteiger partial charge in [0, 0.05) is 6.42 Å². The summed E-state index contributed by atoms with van der Waals surface area (Å²) in [4.78, 5) is 10.7. The molecule has 0 aromatic heterocycles. The first kappa shape index (κ1) is 14.2. The van der Waals surface area contributed by atoms with E-state index in [1.165, 1.54) is 18.4 Å². The third-order valence-electron chi connectivity index (χ3n) is 3.89. The molecule has 1 saturated carbocycles. The van der Waals surface area contributed by atoms with Crippen molar-refractivity contribution in [3.63, 3.8) is 0 Å². The van der Waals surface area contributed by atoms with E-state index in [9.17, 15) is 4.79 Å². The van der Waals surface area contributed by atoms with Gasteiger partial charge in [-0.1, -0.05) is 26.0 Å². The number of carboxylic acids is 1. The third kappa shape index (κ3) is 4.15. The van der Waals surface area contributed by atoms with Crippen molar-refractivity contribution in [1.82, 2.24) is 0 Å². The lowest BCUT2D eigenvalue weighted by molar-refractivity contribution is -0.137. The molecule has 0 saturated heterocycles. The number of hydrogen-bond acceptors (Lipinski definition) is 2. The summed E-state index contributed by atoms with van der Waals surface area (Å²) in [6.07, 6.45) is 8.59. The number of hydrogen-bond donors (Lipinski definition) is 1. The summed E-state index contributed by atoms with van der Waals surface area (Å²) in [6, 6.07) is 0. The Morgan fingerprint density at radius 1 is 1.58 bits per heavy atom. The van der Waals surface area contributed by atoms with Crippen molar-refractivity contribution in [2.75, 3.05) is 0 Å². The molecule has 1 fully saturated rings. The van der Waals surface area contributed by atoms with E-state index in [0.717, 1.165) is 25.6 Å². The summed E-state index contributed by atoms with van der Waals surface area (Å²) in [5, 5.41) is 8.79. The van der Waals surface area contributed by atoms with E-state index in [1.807, 2.05) is 0 Å². The van der Waals surface area contributed by atoms with Crippen LogP contribution in [-0.4, -0.2) is 18.6 Å². The molecule has 2 atom stereocenters. The van der Waals surface area contributed by atoms with Gasteiger partial charge in [-0.2, -0.15) is 0 Å². The second-order valence-electron chi connectivity index (χ2n) is 6.06. The predicted octanol–water partition coefficient (Wildman–Crippen LogP) is 3.29. The number of fused-ring (bicyclic) bond motifs is 1. The number of rotatable bonds is 7. The fraction of sp³-hybridized carbons (Fsp3) is 0.667. The molecule has 1 N–H and O–H groups in total. The van der Waals surface area contributed by atoms with E-state index < -0.39 is 5.97 Å². The van der Waals surface area contributed by atoms with E-state index in [2.05, 4.69) is 26.0 Å². The largest absolute Gasteiger partial charge is 0.567 e. The molecule has 0 spiro atoms. The Balaban J connectivity index is 1.96. The van der Waals surface area contributed by atoms with Gasteiger partial charge < -0.3 is 9.76 Å². The molecule has 0 amide bonds. The van der Waals surface area contributed by atoms with Crippen molar-refractivity contribution in [1.29, 1.82) is 0 Å². The molecule has 19 heavy (non-hydrogen) atoms. The van der Waals surface area contributed by atoms with Crippen molar-refractivity contribution in [2.45, 2.75) is 51.8 Å². The van der Waals surface area contributed by atoms with Crippen molar-refractivity contribution in [2.24, 2.45) is 11.8 Å². The third-order valence-corrected chi connectivity index (χ3v) is 3.89. The van der Waals surface area contributed by atoms with Gasteiger partial charge in [0.15, 0.2) is 0 Å². The van der Waals surface area contributed by atoms with E-state index in [0.29, 0.717) is 18.2 Å². The van der Waals surface area contributed by atoms with Gasteiger partial charge in [-0.25, -0.2) is 0 Å². The summed E-state index contributed by atoms with van der Waals surface area (Å²) < 4.78 is 5.74. The van der Waals surface area contributed by atoms with Crippen LogP contribution < -0.4 is 0 Å². The highest BCUT2D eigenvalue weighted by Gasteiger charge is 2.45. The van der Waals surface area contributed by atoms with Crippen molar-refractivity contribution < 1.29 is 14.6 Å². The standard InChI is InChI=1S/C15H23BO3/c1-10(2)5-3-4-6-11-12-9-13(12)16-19-14(11)7-8-15(17)18/h4,6,10,12-13,16H,3,5,7-9H2,1-2H3,(H,17,18)/b6-4-. The van der Waals surface area contributed by atoms with Crippen LogP contribution in [0.1, 0.15) is 46.0 Å². The second-order valence-corrected chi connectivity index (χ2v) is 6.06. The zero-order chi connectivity index (χ0) is 13.8. The maximum atomic E-state index is 10.7. The number of carboxylic acid groups (broad SMARTS) is 1. The molecule has 2 unspecified atom stereocenters. The average Bonchev–Trinajstić information content (AvgIpc) is 3.11. The van der Waals surface area contributed by atoms with Crippen molar-refractivity contribution in [3.8, 4) is 0 Å². The van der Waals surface area contributed by atoms with Gasteiger partial charge in [0.1, 0.15) is 0 Å². The molecule has 2 rings (SSSR count). The Bertz CT molecular complexity index is 398. The molecule has 2 aliphatic rings. The van der Waals surface area contributed by atoms with Crippen molar-refractivity contribution >= 4 is 13.5 Å². The molecule has 0 aromatic rings. The van der Waals surface area contributed by atoms with Crippen LogP contribution >= 0.6 is 0 Å². The molecule has 0 bridgehead atoms. The van der Waals surface area contributed by atoms with Gasteiger partial charge >= 0.3 is 13.5 Å². The van der Waals surface area contributed by atoms with Gasteiger partial charge in [0.25, 0.3) is 0 Å². The summed E-state index contributed by atoms with van der Waals surface area (Å²) in [7, 11) is 0.781. The fourth-order valence-electron chi connectivity index (χ4n) is 2.60. The monoisotopic (exact) mass is 262 g/mol. The zero-order valence-corrected chi connectivity index (χ0v) is 11.9. The summed E-state index contributed by atoms with van der Waals surface area (Å²) in [5.74, 6) is 2.20. The molecule has 104 valence electrons. The SMILES string of the molecule is CC(C)CC/C=C\C1=C(CCC(=O)O)OBC2CC12. The van der Waals surface area contributed by atoms with E-state index in [4.69, 9.17) is 9.76 Å². The molecule has 4 heteroatoms. The molecule has 0 aromatic carbocycles. The van der Waals surface area contributed by atoms with Crippen LogP contribution in [0.2, 0.25) is 5.82 Å². The van der Waals surface area contributed by atoms with Gasteiger partial charge in [-0.3, -0.25) is 4.79 Å². The number of allylic oxidation sites excluding steroid dienone is 4. The van der Waals surface area contributed by atoms with Gasteiger partial charge in [-0.05, 0) is 42.5 Å². The lowest BCUT2D eigenvalue weighted by Gasteiger charge is -2.18. The second kappa shape index (κ2) is 6.31. The first-order valence-electron chi connectivity index (χ1n) is 7.32. The van der Waals surface area contributed by atoms with Crippen LogP contribution in [0.4, 0.5) is 0 Å². The summed E-state index contributed by atoms with van der Waals surface area (Å²) in [5.41, 5.74) is 1.27. The maximum absolute atomic E-state index is 10.7. The maximum Gasteiger partial charge on any atom is 0.343 e. The highest BCUT2D eigenvalue weighted by atomic mass is 16.4. The Kier molecular flexibility index (Phi) is 4.73. The van der Waals surface area contributed by atoms with Crippen LogP contribution in [0.3, 0.4) is 0 Å². The average molecular weight is 262 g/mol. The molecule has 0 radical (unpaired) electrons. The molecular weight excluding hydrogens is 239 g/mol. The van der Waals surface area contributed by atoms with Crippen LogP contribution in [-0.2, 0) is 9.45 Å². The highest BCUT2D eigenvalue weighted by Crippen LogP contribution is 2.53. The van der Waals surface area contributed by atoms with Crippen molar-refractivity contribution in [3.05, 3.63) is 23.5 Å². The van der Waals surface area contributed by atoms with Crippen LogP contribution in [0, 0.1) is 11.8 Å². The van der Waals surface area contributed by atoms with Gasteiger partial charge in [-0.15, -0.1) is 0 Å². The minimum absolute atomic E-state index is 0.163. The lowest BCUT2D eigenvalue weighted by Crippen LogP contribution is -2.11. The van der Waals surface area contributed by atoms with Crippen LogP contribution in [0.15, 0.2) is 23.5 Å². The fourth-order valence-corrected chi connectivity index (χ4v) is 2.60. The molecule has 1 aliphatic carbocycles. The Morgan fingerprint density at radius 2 is 2.37 bits per heavy atom. The first-order chi connectivity index (χ1) is 9.08. The Labute approximate surface area is 116 Å². The molecule has 3 nitrogen and oxygen atoms in total. The molecule has 1 heterocycles. The minimum Gasteiger partial charge on any atom is -0.567 e. The van der Waals surface area contributed by atoms with E-state index in [-0.39, 0.29) is 6.42 Å². The zero-order valence-electron chi connectivity index (χ0n) is 11.9. The predicted molar refractivity (Wildman–Crippen MR) is 77.2 cm³/mol. The Hall–Kier alpha value is -1.19. The smallest absolute Gasteiger partial charge is 0.343 e. The van der Waals surface area contributed by atoms with Gasteiger partial charge in [0.2, 0.25) is 0 Å². The van der Waals surface area contributed by atoms with Gasteiger partial charge in [0.05, 0.1) is 12.2 Å². The first-order valence-corrected chi connectivity index (χ1v) is 7.32. The Morgan fingerprint density at radius 3 is 3.05 bits per heavy atom. The normalized spacial score (nSPS) is 25.2. The molecular formula is C15H23BO3. The highest BCUT2D eigenvalue weighted by molar-refractivity contribution is 6.32. The van der Waals surface area contributed by atoms with E-state index >= 15 is 0 Å². The summed E-state index contributed by atoms with van der Waals surface area (Å²) >= 11 is 0. The quantitative estimate of drug-likeness (QED) is 0.716. The lowest BCUT2D eigenvalue weighted by atomic mass is 9.84. The topological polar surface area (TPSA) is 46.5 Å². The van der Waals surface area contributed by atoms with Crippen LogP contribution in [0.25, 0.3) is 0 Å². The number of aliphatic carboxylic acids is 1.